The molecule has 0 atom stereocenters. The molecule has 1 aromatic rings. The van der Waals surface area contributed by atoms with Crippen LogP contribution in [0.15, 0.2) is 33.7 Å². The number of benzene rings is 1. The first-order valence-electron chi connectivity index (χ1n) is 8.72. The van der Waals surface area contributed by atoms with Crippen LogP contribution < -0.4 is 10.6 Å². The molecule has 1 aromatic carbocycles. The molecule has 134 valence electrons. The van der Waals surface area contributed by atoms with E-state index >= 15 is 0 Å². The van der Waals surface area contributed by atoms with Gasteiger partial charge in [0.25, 0.3) is 0 Å². The van der Waals surface area contributed by atoms with E-state index in [1.165, 1.54) is 5.56 Å². The third-order valence-electron chi connectivity index (χ3n) is 4.22. The average Bonchev–Trinajstić information content (AvgIpc) is 2.60. The van der Waals surface area contributed by atoms with Gasteiger partial charge >= 0.3 is 0 Å². The molecule has 1 aliphatic rings. The minimum atomic E-state index is 0.492. The van der Waals surface area contributed by atoms with Crippen molar-refractivity contribution in [2.24, 2.45) is 4.99 Å². The molecule has 0 bridgehead atoms. The maximum atomic E-state index is 5.16. The lowest BCUT2D eigenvalue weighted by atomic mass is 10.1. The summed E-state index contributed by atoms with van der Waals surface area (Å²) in [4.78, 5) is 7.19. The largest absolute Gasteiger partial charge is 0.383 e. The zero-order chi connectivity index (χ0) is 17.2. The number of methoxy groups -OCH3 is 1. The summed E-state index contributed by atoms with van der Waals surface area (Å²) in [5.41, 5.74) is 1.21. The third-order valence-corrected chi connectivity index (χ3v) is 4.75. The van der Waals surface area contributed by atoms with Crippen molar-refractivity contribution in [3.63, 3.8) is 0 Å². The maximum absolute atomic E-state index is 5.16. The number of ether oxygens (including phenoxy) is 1. The molecule has 1 heterocycles. The zero-order valence-corrected chi connectivity index (χ0v) is 16.3. The summed E-state index contributed by atoms with van der Waals surface area (Å²) < 4.78 is 6.26. The fourth-order valence-electron chi connectivity index (χ4n) is 2.79. The minimum absolute atomic E-state index is 0.492. The van der Waals surface area contributed by atoms with Crippen LogP contribution in [0, 0.1) is 0 Å². The number of aliphatic imine (C=N–C) groups is 1. The first-order chi connectivity index (χ1) is 11.7. The average molecular weight is 397 g/mol. The number of hydrogen-bond acceptors (Lipinski definition) is 3. The van der Waals surface area contributed by atoms with Gasteiger partial charge < -0.3 is 20.3 Å². The van der Waals surface area contributed by atoms with Gasteiger partial charge in [0.05, 0.1) is 13.2 Å². The number of rotatable bonds is 7. The van der Waals surface area contributed by atoms with Crippen LogP contribution in [0.25, 0.3) is 0 Å². The molecule has 6 heteroatoms. The molecule has 1 aliphatic heterocycles. The van der Waals surface area contributed by atoms with Gasteiger partial charge in [-0.2, -0.15) is 0 Å². The standard InChI is InChI=1S/C18H29BrN4O/c1-3-20-18(21-14-15-4-6-16(19)7-5-15)22-17-8-10-23(11-9-17)12-13-24-2/h4-7,17H,3,8-14H2,1-2H3,(H2,20,21,22). The molecule has 24 heavy (non-hydrogen) atoms. The summed E-state index contributed by atoms with van der Waals surface area (Å²) in [6.07, 6.45) is 2.29. The van der Waals surface area contributed by atoms with E-state index in [-0.39, 0.29) is 0 Å². The molecule has 1 saturated heterocycles. The molecule has 2 N–H and O–H groups in total. The SMILES string of the molecule is CCNC(=NCc1ccc(Br)cc1)NC1CCN(CCOC)CC1. The third kappa shape index (κ3) is 6.79. The number of halogens is 1. The van der Waals surface area contributed by atoms with Crippen LogP contribution in [0.3, 0.4) is 0 Å². The molecule has 5 nitrogen and oxygen atoms in total. The number of likely N-dealkylation sites (tertiary alicyclic amines) is 1. The molecule has 1 fully saturated rings. The molecule has 0 radical (unpaired) electrons. The van der Waals surface area contributed by atoms with Gasteiger partial charge in [0.15, 0.2) is 5.96 Å². The lowest BCUT2D eigenvalue weighted by Gasteiger charge is -2.32. The van der Waals surface area contributed by atoms with E-state index in [1.807, 2.05) is 0 Å². The van der Waals surface area contributed by atoms with E-state index in [1.54, 1.807) is 7.11 Å². The molecule has 0 saturated carbocycles. The van der Waals surface area contributed by atoms with Crippen molar-refractivity contribution in [3.05, 3.63) is 34.3 Å². The Balaban J connectivity index is 1.82. The van der Waals surface area contributed by atoms with E-state index in [2.05, 4.69) is 62.7 Å². The summed E-state index contributed by atoms with van der Waals surface area (Å²) in [5.74, 6) is 0.913. The summed E-state index contributed by atoms with van der Waals surface area (Å²) in [7, 11) is 1.76. The van der Waals surface area contributed by atoms with Crippen LogP contribution >= 0.6 is 15.9 Å². The monoisotopic (exact) mass is 396 g/mol. The van der Waals surface area contributed by atoms with Crippen molar-refractivity contribution >= 4 is 21.9 Å². The molecule has 0 amide bonds. The highest BCUT2D eigenvalue weighted by Gasteiger charge is 2.19. The van der Waals surface area contributed by atoms with Crippen LogP contribution in [0.2, 0.25) is 0 Å². The molecule has 0 aliphatic carbocycles. The number of nitrogens with one attached hydrogen (secondary N) is 2. The fraction of sp³-hybridized carbons (Fsp3) is 0.611. The predicted molar refractivity (Wildman–Crippen MR) is 103 cm³/mol. The van der Waals surface area contributed by atoms with Gasteiger partial charge in [0.1, 0.15) is 0 Å². The van der Waals surface area contributed by atoms with Gasteiger partial charge in [-0.3, -0.25) is 0 Å². The molecule has 0 aromatic heterocycles. The smallest absolute Gasteiger partial charge is 0.191 e. The lowest BCUT2D eigenvalue weighted by molar-refractivity contribution is 0.128. The van der Waals surface area contributed by atoms with E-state index in [9.17, 15) is 0 Å². The second kappa shape index (κ2) is 10.7. The Morgan fingerprint density at radius 2 is 2.00 bits per heavy atom. The van der Waals surface area contributed by atoms with Gasteiger partial charge in [0.2, 0.25) is 0 Å². The number of nitrogens with zero attached hydrogens (tertiary/aromatic N) is 2. The van der Waals surface area contributed by atoms with Gasteiger partial charge in [-0.25, -0.2) is 4.99 Å². The first kappa shape index (κ1) is 19.2. The van der Waals surface area contributed by atoms with Crippen molar-refractivity contribution < 1.29 is 4.74 Å². The summed E-state index contributed by atoms with van der Waals surface area (Å²) in [6, 6.07) is 8.81. The van der Waals surface area contributed by atoms with Crippen LogP contribution in [-0.4, -0.2) is 56.8 Å². The second-order valence-corrected chi connectivity index (χ2v) is 6.99. The van der Waals surface area contributed by atoms with Crippen LogP contribution in [-0.2, 0) is 11.3 Å². The van der Waals surface area contributed by atoms with E-state index in [0.717, 1.165) is 56.1 Å². The summed E-state index contributed by atoms with van der Waals surface area (Å²) >= 11 is 3.46. The molecule has 0 spiro atoms. The molecule has 0 unspecified atom stereocenters. The van der Waals surface area contributed by atoms with E-state index in [4.69, 9.17) is 9.73 Å². The van der Waals surface area contributed by atoms with Gasteiger partial charge in [-0.05, 0) is 37.5 Å². The second-order valence-electron chi connectivity index (χ2n) is 6.07. The van der Waals surface area contributed by atoms with Crippen LogP contribution in [0.5, 0.6) is 0 Å². The Bertz CT molecular complexity index is 498. The van der Waals surface area contributed by atoms with Gasteiger partial charge in [-0.15, -0.1) is 0 Å². The van der Waals surface area contributed by atoms with E-state index < -0.39 is 0 Å². The van der Waals surface area contributed by atoms with Crippen LogP contribution in [0.4, 0.5) is 0 Å². The summed E-state index contributed by atoms with van der Waals surface area (Å²) in [6.45, 7) is 7.74. The zero-order valence-electron chi connectivity index (χ0n) is 14.7. The van der Waals surface area contributed by atoms with Gasteiger partial charge in [0, 0.05) is 43.8 Å². The Hall–Kier alpha value is -1.11. The molecular formula is C18H29BrN4O. The van der Waals surface area contributed by atoms with Crippen molar-refractivity contribution in [2.75, 3.05) is 39.9 Å². The van der Waals surface area contributed by atoms with Crippen molar-refractivity contribution in [1.82, 2.24) is 15.5 Å². The normalized spacial score (nSPS) is 17.0. The van der Waals surface area contributed by atoms with Crippen molar-refractivity contribution in [2.45, 2.75) is 32.4 Å². The Morgan fingerprint density at radius 3 is 2.62 bits per heavy atom. The highest BCUT2D eigenvalue weighted by atomic mass is 79.9. The summed E-state index contributed by atoms with van der Waals surface area (Å²) in [5, 5.41) is 6.94. The minimum Gasteiger partial charge on any atom is -0.383 e. The van der Waals surface area contributed by atoms with E-state index in [0.29, 0.717) is 12.6 Å². The Labute approximate surface area is 154 Å². The molecule has 2 rings (SSSR count). The Morgan fingerprint density at radius 1 is 1.29 bits per heavy atom. The van der Waals surface area contributed by atoms with Gasteiger partial charge in [-0.1, -0.05) is 28.1 Å². The van der Waals surface area contributed by atoms with Crippen LogP contribution in [0.1, 0.15) is 25.3 Å². The lowest BCUT2D eigenvalue weighted by Crippen LogP contribution is -2.49. The topological polar surface area (TPSA) is 48.9 Å². The first-order valence-corrected chi connectivity index (χ1v) is 9.51. The molecular weight excluding hydrogens is 368 g/mol. The van der Waals surface area contributed by atoms with Crippen molar-refractivity contribution in [1.29, 1.82) is 0 Å². The highest BCUT2D eigenvalue weighted by Crippen LogP contribution is 2.12. The number of guanidine groups is 1. The highest BCUT2D eigenvalue weighted by molar-refractivity contribution is 9.10. The quantitative estimate of drug-likeness (QED) is 0.549. The predicted octanol–water partition coefficient (Wildman–Crippen LogP) is 2.62. The fourth-order valence-corrected chi connectivity index (χ4v) is 3.06. The number of piperidine rings is 1. The number of hydrogen-bond donors (Lipinski definition) is 2. The maximum Gasteiger partial charge on any atom is 0.191 e. The Kier molecular flexibility index (Phi) is 8.56. The van der Waals surface area contributed by atoms with Crippen molar-refractivity contribution in [3.8, 4) is 0 Å².